The summed E-state index contributed by atoms with van der Waals surface area (Å²) in [4.78, 5) is 13.0. The van der Waals surface area contributed by atoms with Gasteiger partial charge in [0.05, 0.1) is 14.2 Å². The lowest BCUT2D eigenvalue weighted by atomic mass is 10.2. The van der Waals surface area contributed by atoms with Crippen molar-refractivity contribution in [1.82, 2.24) is 34.8 Å². The third kappa shape index (κ3) is 7.62. The highest BCUT2D eigenvalue weighted by Gasteiger charge is 2.22. The van der Waals surface area contributed by atoms with Gasteiger partial charge in [0.2, 0.25) is 5.95 Å². The molecular weight excluding hydrogens is 492 g/mol. The highest BCUT2D eigenvalue weighted by atomic mass is 32.2. The van der Waals surface area contributed by atoms with E-state index >= 15 is 0 Å². The molecule has 0 amide bonds. The fraction of sp³-hybridized carbons (Fsp3) is 0.320. The van der Waals surface area contributed by atoms with Crippen molar-refractivity contribution >= 4 is 17.9 Å². The molecule has 4 rings (SSSR count). The molecule has 4 aromatic rings. The van der Waals surface area contributed by atoms with Gasteiger partial charge >= 0.3 is 0 Å². The molecule has 0 fully saturated rings. The summed E-state index contributed by atoms with van der Waals surface area (Å²) in [5.41, 5.74) is 3.60. The standard InChI is InChI=1S/C23H25N7O2S.C2H7NO/c1-15-10-17(14-24-11-15)22-27-28-23(29-33-9-8-20-25-12-16(2)13-26-20)30(22)21-18(31-3)6-5-7-19(21)32-4;1-3(2)4/h5-7,10-14H,8-9H2,1-4H3,(H,28,29);4H,1-2H3. The second-order valence-corrected chi connectivity index (χ2v) is 9.07. The molecule has 0 saturated heterocycles. The van der Waals surface area contributed by atoms with Crippen molar-refractivity contribution < 1.29 is 14.7 Å². The first kappa shape index (κ1) is 27.8. The van der Waals surface area contributed by atoms with E-state index in [2.05, 4.69) is 29.9 Å². The van der Waals surface area contributed by atoms with Crippen LogP contribution in [0.3, 0.4) is 0 Å². The van der Waals surface area contributed by atoms with Gasteiger partial charge in [-0.3, -0.25) is 14.3 Å². The zero-order valence-electron chi connectivity index (χ0n) is 21.8. The van der Waals surface area contributed by atoms with Crippen LogP contribution in [0.15, 0.2) is 49.1 Å². The Hall–Kier alpha value is -3.74. The zero-order chi connectivity index (χ0) is 26.8. The van der Waals surface area contributed by atoms with Crippen LogP contribution in [-0.4, -0.2) is 74.1 Å². The van der Waals surface area contributed by atoms with Gasteiger partial charge in [0.15, 0.2) is 5.82 Å². The fourth-order valence-electron chi connectivity index (χ4n) is 3.28. The van der Waals surface area contributed by atoms with Gasteiger partial charge in [-0.2, -0.15) is 5.06 Å². The summed E-state index contributed by atoms with van der Waals surface area (Å²) in [5.74, 6) is 3.99. The van der Waals surface area contributed by atoms with Crippen molar-refractivity contribution in [2.45, 2.75) is 20.3 Å². The summed E-state index contributed by atoms with van der Waals surface area (Å²) in [6.45, 7) is 3.96. The van der Waals surface area contributed by atoms with Crippen molar-refractivity contribution in [3.63, 3.8) is 0 Å². The maximum atomic E-state index is 7.89. The number of hydrogen-bond acceptors (Lipinski definition) is 11. The summed E-state index contributed by atoms with van der Waals surface area (Å²) < 4.78 is 16.5. The summed E-state index contributed by atoms with van der Waals surface area (Å²) in [7, 11) is 6.36. The number of benzene rings is 1. The third-order valence-electron chi connectivity index (χ3n) is 4.85. The largest absolute Gasteiger partial charge is 0.494 e. The Balaban J connectivity index is 0.000000886. The molecule has 2 N–H and O–H groups in total. The number of aryl methyl sites for hydroxylation is 3. The van der Waals surface area contributed by atoms with Crippen LogP contribution in [0.1, 0.15) is 17.0 Å². The Labute approximate surface area is 221 Å². The van der Waals surface area contributed by atoms with Gasteiger partial charge in [-0.15, -0.1) is 10.2 Å². The van der Waals surface area contributed by atoms with E-state index in [1.54, 1.807) is 40.7 Å². The number of para-hydroxylation sites is 1. The molecule has 3 aromatic heterocycles. The lowest BCUT2D eigenvalue weighted by Gasteiger charge is -2.17. The molecule has 196 valence electrons. The second kappa shape index (κ2) is 13.5. The number of hydrogen-bond donors (Lipinski definition) is 2. The van der Waals surface area contributed by atoms with E-state index in [1.807, 2.05) is 55.1 Å². The van der Waals surface area contributed by atoms with E-state index in [1.165, 1.54) is 11.9 Å². The predicted octanol–water partition coefficient (Wildman–Crippen LogP) is 3.99. The van der Waals surface area contributed by atoms with Crippen LogP contribution in [-0.2, 0) is 6.42 Å². The minimum absolute atomic E-state index is 0.545. The van der Waals surface area contributed by atoms with Gasteiger partial charge in [0, 0.05) is 56.6 Å². The zero-order valence-corrected chi connectivity index (χ0v) is 22.7. The monoisotopic (exact) mass is 524 g/mol. The number of pyridine rings is 1. The predicted molar refractivity (Wildman–Crippen MR) is 144 cm³/mol. The van der Waals surface area contributed by atoms with Gasteiger partial charge in [-0.05, 0) is 55.1 Å². The molecule has 0 unspecified atom stereocenters. The van der Waals surface area contributed by atoms with Gasteiger partial charge in [-0.25, -0.2) is 9.97 Å². The van der Waals surface area contributed by atoms with E-state index in [9.17, 15) is 0 Å². The molecule has 1 aromatic carbocycles. The lowest BCUT2D eigenvalue weighted by molar-refractivity contribution is -0.0372. The molecule has 11 nitrogen and oxygen atoms in total. The number of rotatable bonds is 9. The molecule has 0 aliphatic rings. The van der Waals surface area contributed by atoms with Crippen LogP contribution >= 0.6 is 11.9 Å². The van der Waals surface area contributed by atoms with E-state index < -0.39 is 0 Å². The summed E-state index contributed by atoms with van der Waals surface area (Å²) in [6.07, 6.45) is 7.94. The van der Waals surface area contributed by atoms with Crippen LogP contribution in [0.4, 0.5) is 5.95 Å². The molecule has 0 atom stereocenters. The first-order chi connectivity index (χ1) is 17.8. The Morgan fingerprint density at radius 1 is 0.973 bits per heavy atom. The highest BCUT2D eigenvalue weighted by Crippen LogP contribution is 2.37. The molecule has 0 bridgehead atoms. The highest BCUT2D eigenvalue weighted by molar-refractivity contribution is 8.00. The van der Waals surface area contributed by atoms with E-state index in [4.69, 9.17) is 14.7 Å². The Kier molecular flexibility index (Phi) is 10.2. The van der Waals surface area contributed by atoms with Crippen LogP contribution in [0.2, 0.25) is 0 Å². The SMILES string of the molecule is CN(C)O.COc1cccc(OC)c1-n1c(NSCCc2ncc(C)cn2)nnc1-c1cncc(C)c1. The third-order valence-corrected chi connectivity index (χ3v) is 5.58. The quantitative estimate of drug-likeness (QED) is 0.188. The summed E-state index contributed by atoms with van der Waals surface area (Å²) >= 11 is 1.50. The maximum Gasteiger partial charge on any atom is 0.239 e. The van der Waals surface area contributed by atoms with Crippen LogP contribution in [0.5, 0.6) is 11.5 Å². The normalized spacial score (nSPS) is 10.6. The number of aromatic nitrogens is 6. The molecule has 0 aliphatic carbocycles. The minimum Gasteiger partial charge on any atom is -0.494 e. The molecule has 0 aliphatic heterocycles. The van der Waals surface area contributed by atoms with Crippen molar-refractivity contribution in [3.8, 4) is 28.6 Å². The second-order valence-electron chi connectivity index (χ2n) is 8.17. The van der Waals surface area contributed by atoms with E-state index in [-0.39, 0.29) is 0 Å². The minimum atomic E-state index is 0.545. The first-order valence-corrected chi connectivity index (χ1v) is 12.4. The topological polar surface area (TPSA) is 123 Å². The molecule has 3 heterocycles. The van der Waals surface area contributed by atoms with Gasteiger partial charge in [0.1, 0.15) is 23.0 Å². The van der Waals surface area contributed by atoms with Crippen LogP contribution in [0, 0.1) is 13.8 Å². The first-order valence-electron chi connectivity index (χ1n) is 11.4. The van der Waals surface area contributed by atoms with Gasteiger partial charge < -0.3 is 14.7 Å². The smallest absolute Gasteiger partial charge is 0.239 e. The lowest BCUT2D eigenvalue weighted by Crippen LogP contribution is -2.07. The van der Waals surface area contributed by atoms with Crippen LogP contribution in [0.25, 0.3) is 17.1 Å². The van der Waals surface area contributed by atoms with Crippen molar-refractivity contribution in [2.24, 2.45) is 0 Å². The average Bonchev–Trinajstić information content (AvgIpc) is 3.30. The van der Waals surface area contributed by atoms with E-state index in [0.717, 1.165) is 39.8 Å². The summed E-state index contributed by atoms with van der Waals surface area (Å²) in [6, 6.07) is 7.65. The van der Waals surface area contributed by atoms with Crippen molar-refractivity contribution in [2.75, 3.05) is 38.8 Å². The molecule has 0 spiro atoms. The maximum absolute atomic E-state index is 7.89. The Morgan fingerprint density at radius 3 is 2.22 bits per heavy atom. The molecule has 0 radical (unpaired) electrons. The van der Waals surface area contributed by atoms with Gasteiger partial charge in [-0.1, -0.05) is 6.07 Å². The van der Waals surface area contributed by atoms with Crippen LogP contribution < -0.4 is 14.2 Å². The number of nitrogens with one attached hydrogen (secondary N) is 1. The number of anilines is 1. The average molecular weight is 525 g/mol. The number of methoxy groups -OCH3 is 2. The van der Waals surface area contributed by atoms with Gasteiger partial charge in [0.25, 0.3) is 0 Å². The fourth-order valence-corrected chi connectivity index (χ4v) is 3.93. The molecule has 37 heavy (non-hydrogen) atoms. The summed E-state index contributed by atoms with van der Waals surface area (Å²) in [5, 5.41) is 17.8. The number of nitrogens with zero attached hydrogens (tertiary/aromatic N) is 7. The van der Waals surface area contributed by atoms with Crippen molar-refractivity contribution in [3.05, 3.63) is 66.0 Å². The van der Waals surface area contributed by atoms with Crippen molar-refractivity contribution in [1.29, 1.82) is 0 Å². The molecule has 0 saturated carbocycles. The Morgan fingerprint density at radius 2 is 1.62 bits per heavy atom. The van der Waals surface area contributed by atoms with E-state index in [0.29, 0.717) is 29.0 Å². The number of hydroxylamine groups is 2. The number of ether oxygens (including phenoxy) is 2. The molecular formula is C25H32N8O3S. The molecule has 12 heteroatoms. The Bertz CT molecular complexity index is 1260.